The zero-order chi connectivity index (χ0) is 14.5. The second kappa shape index (κ2) is 6.44. The van der Waals surface area contributed by atoms with Gasteiger partial charge in [-0.2, -0.15) is 0 Å². The van der Waals surface area contributed by atoms with Crippen LogP contribution in [0.2, 0.25) is 0 Å². The third-order valence-corrected chi connectivity index (χ3v) is 3.87. The van der Waals surface area contributed by atoms with Gasteiger partial charge >= 0.3 is 0 Å². The number of carbonyl (C=O) groups excluding carboxylic acids is 1. The first-order chi connectivity index (χ1) is 10.3. The molecule has 0 bridgehead atoms. The van der Waals surface area contributed by atoms with Gasteiger partial charge in [-0.05, 0) is 37.1 Å². The van der Waals surface area contributed by atoms with Crippen LogP contribution in [0.25, 0.3) is 0 Å². The van der Waals surface area contributed by atoms with Crippen molar-refractivity contribution in [2.24, 2.45) is 0 Å². The molecule has 0 aromatic heterocycles. The number of likely N-dealkylation sites (tertiary alicyclic amines) is 1. The van der Waals surface area contributed by atoms with Crippen LogP contribution in [0.1, 0.15) is 23.2 Å². The molecule has 0 radical (unpaired) electrons. The lowest BCUT2D eigenvalue weighted by molar-refractivity contribution is 0.0715. The molecule has 1 fully saturated rings. The molecule has 1 N–H and O–H groups in total. The van der Waals surface area contributed by atoms with Gasteiger partial charge in [0, 0.05) is 30.4 Å². The smallest absolute Gasteiger partial charge is 0.253 e. The molecule has 108 valence electrons. The Morgan fingerprint density at radius 3 is 2.38 bits per heavy atom. The fourth-order valence-corrected chi connectivity index (χ4v) is 2.81. The molecule has 2 aromatic carbocycles. The van der Waals surface area contributed by atoms with E-state index in [9.17, 15) is 4.79 Å². The Hall–Kier alpha value is -2.29. The minimum Gasteiger partial charge on any atom is -0.381 e. The first kappa shape index (κ1) is 13.7. The second-order valence-corrected chi connectivity index (χ2v) is 5.47. The molecule has 1 aliphatic heterocycles. The highest BCUT2D eigenvalue weighted by molar-refractivity contribution is 5.94. The van der Waals surface area contributed by atoms with Crippen molar-refractivity contribution < 1.29 is 4.79 Å². The quantitative estimate of drug-likeness (QED) is 0.934. The standard InChI is InChI=1S/C18H20N2O/c21-18(15-8-3-1-4-9-15)20-13-7-12-17(14-20)19-16-10-5-2-6-11-16/h1-6,8-11,17,19H,7,12-14H2/t17-/m0/s1. The third kappa shape index (κ3) is 3.43. The zero-order valence-electron chi connectivity index (χ0n) is 12.0. The molecule has 1 heterocycles. The van der Waals surface area contributed by atoms with Crippen LogP contribution in [-0.2, 0) is 0 Å². The van der Waals surface area contributed by atoms with E-state index in [1.165, 1.54) is 0 Å². The summed E-state index contributed by atoms with van der Waals surface area (Å²) in [7, 11) is 0. The SMILES string of the molecule is O=C(c1ccccc1)N1CCC[C@H](Nc2ccccc2)C1. The van der Waals surface area contributed by atoms with Gasteiger partial charge in [0.15, 0.2) is 0 Å². The number of nitrogens with one attached hydrogen (secondary N) is 1. The van der Waals surface area contributed by atoms with Crippen LogP contribution in [-0.4, -0.2) is 29.9 Å². The van der Waals surface area contributed by atoms with Gasteiger partial charge in [-0.1, -0.05) is 36.4 Å². The molecule has 3 nitrogen and oxygen atoms in total. The fourth-order valence-electron chi connectivity index (χ4n) is 2.81. The molecule has 21 heavy (non-hydrogen) atoms. The molecule has 2 aromatic rings. The van der Waals surface area contributed by atoms with Crippen LogP contribution in [0.15, 0.2) is 60.7 Å². The van der Waals surface area contributed by atoms with Gasteiger partial charge < -0.3 is 10.2 Å². The highest BCUT2D eigenvalue weighted by atomic mass is 16.2. The number of piperidine rings is 1. The Morgan fingerprint density at radius 2 is 1.67 bits per heavy atom. The number of hydrogen-bond donors (Lipinski definition) is 1. The summed E-state index contributed by atoms with van der Waals surface area (Å²) < 4.78 is 0. The highest BCUT2D eigenvalue weighted by Crippen LogP contribution is 2.17. The van der Waals surface area contributed by atoms with Crippen LogP contribution in [0.5, 0.6) is 0 Å². The molecule has 0 saturated carbocycles. The number of para-hydroxylation sites is 1. The number of benzene rings is 2. The van der Waals surface area contributed by atoms with Gasteiger partial charge in [-0.3, -0.25) is 4.79 Å². The minimum absolute atomic E-state index is 0.134. The summed E-state index contributed by atoms with van der Waals surface area (Å²) in [5.41, 5.74) is 1.90. The number of amides is 1. The molecule has 3 rings (SSSR count). The lowest BCUT2D eigenvalue weighted by atomic mass is 10.0. The Bertz CT molecular complexity index is 583. The second-order valence-electron chi connectivity index (χ2n) is 5.47. The topological polar surface area (TPSA) is 32.3 Å². The molecule has 0 aliphatic carbocycles. The van der Waals surface area contributed by atoms with Gasteiger partial charge in [-0.25, -0.2) is 0 Å². The monoisotopic (exact) mass is 280 g/mol. The van der Waals surface area contributed by atoms with E-state index < -0.39 is 0 Å². The van der Waals surface area contributed by atoms with E-state index in [1.54, 1.807) is 0 Å². The van der Waals surface area contributed by atoms with Crippen molar-refractivity contribution in [3.05, 3.63) is 66.2 Å². The maximum absolute atomic E-state index is 12.5. The summed E-state index contributed by atoms with van der Waals surface area (Å²) >= 11 is 0. The van der Waals surface area contributed by atoms with E-state index in [0.717, 1.165) is 37.2 Å². The van der Waals surface area contributed by atoms with Crippen molar-refractivity contribution in [3.63, 3.8) is 0 Å². The first-order valence-corrected chi connectivity index (χ1v) is 7.49. The number of carbonyl (C=O) groups is 1. The maximum atomic E-state index is 12.5. The van der Waals surface area contributed by atoms with Crippen LogP contribution in [0.4, 0.5) is 5.69 Å². The number of anilines is 1. The third-order valence-electron chi connectivity index (χ3n) is 3.87. The Morgan fingerprint density at radius 1 is 1.00 bits per heavy atom. The molecule has 1 saturated heterocycles. The van der Waals surface area contributed by atoms with E-state index in [2.05, 4.69) is 17.4 Å². The Balaban J connectivity index is 1.64. The molecular formula is C18H20N2O. The summed E-state index contributed by atoms with van der Waals surface area (Å²) in [5.74, 6) is 0.134. The molecule has 0 unspecified atom stereocenters. The molecule has 0 spiro atoms. The molecule has 3 heteroatoms. The largest absolute Gasteiger partial charge is 0.381 e. The average molecular weight is 280 g/mol. The highest BCUT2D eigenvalue weighted by Gasteiger charge is 2.24. The average Bonchev–Trinajstić information content (AvgIpc) is 2.56. The minimum atomic E-state index is 0.134. The summed E-state index contributed by atoms with van der Waals surface area (Å²) in [6.45, 7) is 1.61. The molecular weight excluding hydrogens is 260 g/mol. The summed E-state index contributed by atoms with van der Waals surface area (Å²) in [6.07, 6.45) is 2.15. The number of rotatable bonds is 3. The van der Waals surface area contributed by atoms with Crippen molar-refractivity contribution in [2.45, 2.75) is 18.9 Å². The van der Waals surface area contributed by atoms with Crippen molar-refractivity contribution in [1.82, 2.24) is 4.90 Å². The normalized spacial score (nSPS) is 18.3. The van der Waals surface area contributed by atoms with E-state index in [-0.39, 0.29) is 5.91 Å². The van der Waals surface area contributed by atoms with Crippen LogP contribution in [0, 0.1) is 0 Å². The number of hydrogen-bond acceptors (Lipinski definition) is 2. The van der Waals surface area contributed by atoms with E-state index >= 15 is 0 Å². The van der Waals surface area contributed by atoms with Crippen molar-refractivity contribution in [1.29, 1.82) is 0 Å². The molecule has 1 aliphatic rings. The summed E-state index contributed by atoms with van der Waals surface area (Å²) in [6, 6.07) is 20.1. The molecule has 1 atom stereocenters. The Kier molecular flexibility index (Phi) is 4.20. The van der Waals surface area contributed by atoms with Crippen molar-refractivity contribution >= 4 is 11.6 Å². The number of nitrogens with zero attached hydrogens (tertiary/aromatic N) is 1. The van der Waals surface area contributed by atoms with E-state index in [4.69, 9.17) is 0 Å². The predicted octanol–water partition coefficient (Wildman–Crippen LogP) is 3.40. The lowest BCUT2D eigenvalue weighted by Gasteiger charge is -2.33. The van der Waals surface area contributed by atoms with Crippen molar-refractivity contribution in [2.75, 3.05) is 18.4 Å². The molecule has 1 amide bonds. The first-order valence-electron chi connectivity index (χ1n) is 7.49. The van der Waals surface area contributed by atoms with Gasteiger partial charge in [0.2, 0.25) is 0 Å². The lowest BCUT2D eigenvalue weighted by Crippen LogP contribution is -2.45. The van der Waals surface area contributed by atoms with E-state index in [0.29, 0.717) is 6.04 Å². The van der Waals surface area contributed by atoms with Crippen LogP contribution < -0.4 is 5.32 Å². The fraction of sp³-hybridized carbons (Fsp3) is 0.278. The van der Waals surface area contributed by atoms with Gasteiger partial charge in [-0.15, -0.1) is 0 Å². The van der Waals surface area contributed by atoms with Crippen molar-refractivity contribution in [3.8, 4) is 0 Å². The Labute approximate surface area is 125 Å². The van der Waals surface area contributed by atoms with E-state index in [1.807, 2.05) is 53.4 Å². The summed E-state index contributed by atoms with van der Waals surface area (Å²) in [5, 5.41) is 3.52. The maximum Gasteiger partial charge on any atom is 0.253 e. The predicted molar refractivity (Wildman–Crippen MR) is 85.4 cm³/mol. The summed E-state index contributed by atoms with van der Waals surface area (Å²) in [4.78, 5) is 14.5. The van der Waals surface area contributed by atoms with Gasteiger partial charge in [0.1, 0.15) is 0 Å². The van der Waals surface area contributed by atoms with Crippen LogP contribution in [0.3, 0.4) is 0 Å². The van der Waals surface area contributed by atoms with Gasteiger partial charge in [0.05, 0.1) is 0 Å². The zero-order valence-corrected chi connectivity index (χ0v) is 12.0. The van der Waals surface area contributed by atoms with Crippen LogP contribution >= 0.6 is 0 Å². The van der Waals surface area contributed by atoms with Gasteiger partial charge in [0.25, 0.3) is 5.91 Å².